The van der Waals surface area contributed by atoms with Gasteiger partial charge in [-0.15, -0.1) is 21.8 Å². The summed E-state index contributed by atoms with van der Waals surface area (Å²) >= 11 is 0.844. The third kappa shape index (κ3) is 3.08. The third-order valence-corrected chi connectivity index (χ3v) is 3.38. The van der Waals surface area contributed by atoms with Gasteiger partial charge in [-0.1, -0.05) is 0 Å². The molecule has 1 unspecified atom stereocenters. The van der Waals surface area contributed by atoms with Crippen LogP contribution in [0.15, 0.2) is 11.0 Å². The lowest BCUT2D eigenvalue weighted by atomic mass is 10.3. The Bertz CT molecular complexity index is 411. The maximum atomic E-state index is 12.1. The number of carbonyl (C=O) groups excluding carboxylic acids is 2. The molecule has 2 N–H and O–H groups in total. The molecule has 0 spiro atoms. The monoisotopic (exact) mass is 276 g/mol. The quantitative estimate of drug-likeness (QED) is 0.536. The Morgan fingerprint density at radius 3 is 2.56 bits per heavy atom. The third-order valence-electron chi connectivity index (χ3n) is 2.27. The minimum Gasteiger partial charge on any atom is -0.480 e. The van der Waals surface area contributed by atoms with Crippen LogP contribution in [0.4, 0.5) is 4.48 Å². The fraction of sp³-hybridized carbons (Fsp3) is 0.500. The summed E-state index contributed by atoms with van der Waals surface area (Å²) in [5, 5.41) is 8.61. The topological polar surface area (TPSA) is 86.7 Å². The molecule has 1 rings (SSSR count). The van der Waals surface area contributed by atoms with Gasteiger partial charge in [-0.25, -0.2) is 0 Å². The first kappa shape index (κ1) is 14.7. The molecule has 0 saturated heterocycles. The van der Waals surface area contributed by atoms with Crippen LogP contribution in [0.25, 0.3) is 0 Å². The molecule has 0 saturated carbocycles. The summed E-state index contributed by atoms with van der Waals surface area (Å²) in [6.45, 7) is 3.39. The summed E-state index contributed by atoms with van der Waals surface area (Å²) in [5.74, 6) is -2.44. The Kier molecular flexibility index (Phi) is 4.85. The standard InChI is InChI=1S/C10H13FN2O4S/c1-5(2)13-8(14)3-7(9(13)15)18-4-6(12-11)10(16)17/h3,5-6,12H,4H2,1-2H3,(H,16,17). The number of carboxylic acids is 1. The lowest BCUT2D eigenvalue weighted by Gasteiger charge is -2.18. The number of nitrogens with one attached hydrogen (secondary N) is 1. The van der Waals surface area contributed by atoms with Crippen molar-refractivity contribution in [3.8, 4) is 0 Å². The van der Waals surface area contributed by atoms with Crippen molar-refractivity contribution in [1.29, 1.82) is 0 Å². The zero-order valence-electron chi connectivity index (χ0n) is 9.84. The minimum atomic E-state index is -1.41. The van der Waals surface area contributed by atoms with Gasteiger partial charge in [0, 0.05) is 17.9 Å². The van der Waals surface area contributed by atoms with Crippen LogP contribution in [-0.4, -0.2) is 45.6 Å². The Labute approximate surface area is 107 Å². The van der Waals surface area contributed by atoms with E-state index >= 15 is 0 Å². The van der Waals surface area contributed by atoms with Crippen LogP contribution in [0, 0.1) is 0 Å². The number of imide groups is 1. The molecule has 1 heterocycles. The van der Waals surface area contributed by atoms with E-state index in [9.17, 15) is 18.9 Å². The summed E-state index contributed by atoms with van der Waals surface area (Å²) in [6, 6.07) is -1.68. The first-order valence-electron chi connectivity index (χ1n) is 5.19. The first-order valence-corrected chi connectivity index (χ1v) is 6.18. The molecule has 0 aromatic carbocycles. The van der Waals surface area contributed by atoms with Crippen molar-refractivity contribution in [2.45, 2.75) is 25.9 Å². The van der Waals surface area contributed by atoms with Crippen molar-refractivity contribution < 1.29 is 24.0 Å². The number of carboxylic acid groups (broad SMARTS) is 1. The van der Waals surface area contributed by atoms with Crippen LogP contribution >= 0.6 is 11.8 Å². The predicted molar refractivity (Wildman–Crippen MR) is 63.2 cm³/mol. The molecule has 1 aliphatic heterocycles. The van der Waals surface area contributed by atoms with Gasteiger partial charge in [0.05, 0.1) is 4.91 Å². The van der Waals surface area contributed by atoms with Crippen molar-refractivity contribution in [3.63, 3.8) is 0 Å². The summed E-state index contributed by atoms with van der Waals surface area (Å²) in [6.07, 6.45) is 1.14. The highest BCUT2D eigenvalue weighted by molar-refractivity contribution is 8.04. The predicted octanol–water partition coefficient (Wildman–Crippen LogP) is 0.308. The van der Waals surface area contributed by atoms with Gasteiger partial charge >= 0.3 is 5.97 Å². The van der Waals surface area contributed by atoms with Crippen molar-refractivity contribution in [1.82, 2.24) is 10.4 Å². The molecule has 0 radical (unpaired) electrons. The lowest BCUT2D eigenvalue weighted by molar-refractivity contribution is -0.141. The fourth-order valence-corrected chi connectivity index (χ4v) is 2.33. The summed E-state index contributed by atoms with van der Waals surface area (Å²) in [7, 11) is 0. The van der Waals surface area contributed by atoms with Crippen molar-refractivity contribution in [2.75, 3.05) is 5.75 Å². The normalized spacial score (nSPS) is 17.3. The second-order valence-corrected chi connectivity index (χ2v) is 4.99. The SMILES string of the molecule is CC(C)N1C(=O)C=C(SCC(NF)C(=O)O)C1=O. The highest BCUT2D eigenvalue weighted by Crippen LogP contribution is 2.26. The average molecular weight is 276 g/mol. The molecule has 1 aliphatic rings. The Morgan fingerprint density at radius 1 is 1.56 bits per heavy atom. The van der Waals surface area contributed by atoms with Crippen LogP contribution in [0.3, 0.4) is 0 Å². The molecule has 8 heteroatoms. The number of thioether (sulfide) groups is 1. The van der Waals surface area contributed by atoms with Gasteiger partial charge in [-0.2, -0.15) is 0 Å². The molecular formula is C10H13FN2O4S. The van der Waals surface area contributed by atoms with Crippen molar-refractivity contribution in [2.24, 2.45) is 0 Å². The molecule has 6 nitrogen and oxygen atoms in total. The molecule has 100 valence electrons. The lowest BCUT2D eigenvalue weighted by Crippen LogP contribution is -2.37. The van der Waals surface area contributed by atoms with E-state index in [0.29, 0.717) is 0 Å². The summed E-state index contributed by atoms with van der Waals surface area (Å²) in [5.41, 5.74) is 1.13. The molecule has 2 amide bonds. The van der Waals surface area contributed by atoms with Crippen LogP contribution < -0.4 is 5.54 Å². The maximum absolute atomic E-state index is 12.1. The number of nitrogens with zero attached hydrogens (tertiary/aromatic N) is 1. The maximum Gasteiger partial charge on any atom is 0.324 e. The van der Waals surface area contributed by atoms with Gasteiger partial charge in [0.1, 0.15) is 6.04 Å². The van der Waals surface area contributed by atoms with Gasteiger partial charge in [0.15, 0.2) is 0 Å². The molecule has 0 aromatic rings. The van der Waals surface area contributed by atoms with Crippen LogP contribution in [0.2, 0.25) is 0 Å². The second kappa shape index (κ2) is 5.96. The summed E-state index contributed by atoms with van der Waals surface area (Å²) in [4.78, 5) is 35.0. The molecule has 0 bridgehead atoms. The molecule has 18 heavy (non-hydrogen) atoms. The molecule has 0 aromatic heterocycles. The van der Waals surface area contributed by atoms with Crippen LogP contribution in [-0.2, 0) is 14.4 Å². The van der Waals surface area contributed by atoms with Gasteiger partial charge in [-0.3, -0.25) is 19.3 Å². The highest BCUT2D eigenvalue weighted by atomic mass is 32.2. The first-order chi connectivity index (χ1) is 8.38. The number of carbonyl (C=O) groups is 3. The van der Waals surface area contributed by atoms with Crippen LogP contribution in [0.1, 0.15) is 13.8 Å². The number of hydrogen-bond donors (Lipinski definition) is 2. The molecule has 1 atom stereocenters. The zero-order valence-corrected chi connectivity index (χ0v) is 10.7. The van der Waals surface area contributed by atoms with E-state index < -0.39 is 23.8 Å². The fourth-order valence-electron chi connectivity index (χ4n) is 1.38. The number of amides is 2. The average Bonchev–Trinajstić information content (AvgIpc) is 2.54. The van der Waals surface area contributed by atoms with Crippen molar-refractivity contribution >= 4 is 29.5 Å². The van der Waals surface area contributed by atoms with Gasteiger partial charge in [0.2, 0.25) is 0 Å². The van der Waals surface area contributed by atoms with E-state index in [1.165, 1.54) is 0 Å². The van der Waals surface area contributed by atoms with E-state index in [1.54, 1.807) is 13.8 Å². The van der Waals surface area contributed by atoms with Gasteiger partial charge < -0.3 is 5.11 Å². The highest BCUT2D eigenvalue weighted by Gasteiger charge is 2.33. The van der Waals surface area contributed by atoms with E-state index in [0.717, 1.165) is 28.3 Å². The molecular weight excluding hydrogens is 263 g/mol. The van der Waals surface area contributed by atoms with E-state index in [1.807, 2.05) is 0 Å². The largest absolute Gasteiger partial charge is 0.480 e. The molecule has 0 fully saturated rings. The second-order valence-electron chi connectivity index (χ2n) is 3.93. The van der Waals surface area contributed by atoms with E-state index in [-0.39, 0.29) is 16.7 Å². The number of hydrogen-bond acceptors (Lipinski definition) is 5. The van der Waals surface area contributed by atoms with Gasteiger partial charge in [-0.05, 0) is 13.8 Å². The minimum absolute atomic E-state index is 0.134. The Hall–Kier alpha value is -1.41. The van der Waals surface area contributed by atoms with E-state index in [4.69, 9.17) is 5.11 Å². The smallest absolute Gasteiger partial charge is 0.324 e. The molecule has 0 aliphatic carbocycles. The van der Waals surface area contributed by atoms with Crippen molar-refractivity contribution in [3.05, 3.63) is 11.0 Å². The Balaban J connectivity index is 2.65. The number of halogens is 1. The van der Waals surface area contributed by atoms with Gasteiger partial charge in [0.25, 0.3) is 11.8 Å². The van der Waals surface area contributed by atoms with E-state index in [2.05, 4.69) is 0 Å². The zero-order chi connectivity index (χ0) is 13.9. The summed E-state index contributed by atoms with van der Waals surface area (Å²) < 4.78 is 12.1. The Morgan fingerprint density at radius 2 is 2.17 bits per heavy atom. The number of rotatable bonds is 6. The van der Waals surface area contributed by atoms with Crippen LogP contribution in [0.5, 0.6) is 0 Å². The number of aliphatic carboxylic acids is 1.